The van der Waals surface area contributed by atoms with Gasteiger partial charge in [0.05, 0.1) is 0 Å². The molecule has 0 aliphatic heterocycles. The first-order valence-electron chi connectivity index (χ1n) is 7.71. The van der Waals surface area contributed by atoms with E-state index in [1.54, 1.807) is 12.3 Å². The van der Waals surface area contributed by atoms with Crippen molar-refractivity contribution in [3.8, 4) is 34.3 Å². The molecule has 0 radical (unpaired) electrons. The number of aromatic nitrogens is 4. The van der Waals surface area contributed by atoms with E-state index in [9.17, 15) is 0 Å². The van der Waals surface area contributed by atoms with Gasteiger partial charge in [-0.25, -0.2) is 4.98 Å². The number of anilines is 1. The normalized spacial score (nSPS) is 10.8. The first kappa shape index (κ1) is 15.1. The molecule has 4 rings (SSSR count). The molecule has 0 N–H and O–H groups in total. The van der Waals surface area contributed by atoms with E-state index in [2.05, 4.69) is 20.3 Å². The summed E-state index contributed by atoms with van der Waals surface area (Å²) in [6.07, 6.45) is 1.71. The van der Waals surface area contributed by atoms with Crippen LogP contribution in [0.5, 0.6) is 0 Å². The lowest BCUT2D eigenvalue weighted by Gasteiger charge is -2.10. The zero-order chi connectivity index (χ0) is 17.2. The first-order valence-corrected chi connectivity index (χ1v) is 7.71. The fourth-order valence-electron chi connectivity index (χ4n) is 2.36. The van der Waals surface area contributed by atoms with Crippen LogP contribution in [0.3, 0.4) is 0 Å². The minimum absolute atomic E-state index is 0.309. The van der Waals surface area contributed by atoms with E-state index in [1.165, 1.54) is 0 Å². The smallest absolute Gasteiger partial charge is 0.280 e. The zero-order valence-electron chi connectivity index (χ0n) is 13.7. The SMILES string of the molecule is CN(C)c1cc(-c2noc(-c3cc(-c4ccccc4)on3)n2)ccn1. The highest BCUT2D eigenvalue weighted by molar-refractivity contribution is 5.64. The lowest BCUT2D eigenvalue weighted by Crippen LogP contribution is -2.10. The second kappa shape index (κ2) is 6.20. The highest BCUT2D eigenvalue weighted by atomic mass is 16.5. The molecule has 0 saturated heterocycles. The van der Waals surface area contributed by atoms with Crippen molar-refractivity contribution in [1.82, 2.24) is 20.3 Å². The van der Waals surface area contributed by atoms with Crippen LogP contribution < -0.4 is 4.90 Å². The molecule has 0 atom stereocenters. The molecule has 1 aromatic carbocycles. The summed E-state index contributed by atoms with van der Waals surface area (Å²) in [4.78, 5) is 10.6. The van der Waals surface area contributed by atoms with Gasteiger partial charge in [-0.05, 0) is 12.1 Å². The Bertz CT molecular complexity index is 991. The molecule has 3 aromatic heterocycles. The summed E-state index contributed by atoms with van der Waals surface area (Å²) in [7, 11) is 3.85. The summed E-state index contributed by atoms with van der Waals surface area (Å²) >= 11 is 0. The molecule has 0 fully saturated rings. The van der Waals surface area contributed by atoms with E-state index < -0.39 is 0 Å². The second-order valence-electron chi connectivity index (χ2n) is 5.66. The Morgan fingerprint density at radius 2 is 1.72 bits per heavy atom. The highest BCUT2D eigenvalue weighted by Crippen LogP contribution is 2.27. The molecule has 0 saturated carbocycles. The molecular formula is C18H15N5O2. The Morgan fingerprint density at radius 3 is 2.52 bits per heavy atom. The standard InChI is InChI=1S/C18H15N5O2/c1-23(2)16-10-13(8-9-19-16)17-20-18(25-22-17)14-11-15(24-21-14)12-6-4-3-5-7-12/h3-11H,1-2H3. The quantitative estimate of drug-likeness (QED) is 0.565. The monoisotopic (exact) mass is 333 g/mol. The fraction of sp³-hybridized carbons (Fsp3) is 0.111. The predicted octanol–water partition coefficient (Wildman–Crippen LogP) is 3.52. The van der Waals surface area contributed by atoms with Gasteiger partial charge in [0.1, 0.15) is 5.82 Å². The first-order chi connectivity index (χ1) is 12.2. The van der Waals surface area contributed by atoms with Crippen molar-refractivity contribution >= 4 is 5.82 Å². The van der Waals surface area contributed by atoms with Gasteiger partial charge in [0.2, 0.25) is 5.82 Å². The van der Waals surface area contributed by atoms with Crippen LogP contribution in [0.4, 0.5) is 5.82 Å². The van der Waals surface area contributed by atoms with Gasteiger partial charge >= 0.3 is 0 Å². The molecule has 3 heterocycles. The summed E-state index contributed by atoms with van der Waals surface area (Å²) in [5.41, 5.74) is 2.26. The van der Waals surface area contributed by atoms with E-state index in [4.69, 9.17) is 9.05 Å². The maximum atomic E-state index is 5.38. The minimum Gasteiger partial charge on any atom is -0.363 e. The van der Waals surface area contributed by atoms with Crippen LogP contribution in [0.1, 0.15) is 0 Å². The number of nitrogens with zero attached hydrogens (tertiary/aromatic N) is 5. The second-order valence-corrected chi connectivity index (χ2v) is 5.66. The van der Waals surface area contributed by atoms with Gasteiger partial charge < -0.3 is 13.9 Å². The van der Waals surface area contributed by atoms with E-state index in [0.717, 1.165) is 16.9 Å². The average Bonchev–Trinajstić information content (AvgIpc) is 3.32. The average molecular weight is 333 g/mol. The molecule has 25 heavy (non-hydrogen) atoms. The van der Waals surface area contributed by atoms with E-state index in [-0.39, 0.29) is 0 Å². The van der Waals surface area contributed by atoms with Gasteiger partial charge in [0.25, 0.3) is 5.89 Å². The number of hydrogen-bond acceptors (Lipinski definition) is 7. The molecule has 7 heteroatoms. The van der Waals surface area contributed by atoms with E-state index in [1.807, 2.05) is 61.5 Å². The van der Waals surface area contributed by atoms with Gasteiger partial charge in [0.15, 0.2) is 11.5 Å². The minimum atomic E-state index is 0.309. The lowest BCUT2D eigenvalue weighted by atomic mass is 10.2. The van der Waals surface area contributed by atoms with Crippen LogP contribution >= 0.6 is 0 Å². The van der Waals surface area contributed by atoms with Crippen molar-refractivity contribution in [1.29, 1.82) is 0 Å². The Morgan fingerprint density at radius 1 is 0.880 bits per heavy atom. The van der Waals surface area contributed by atoms with Crippen molar-refractivity contribution in [2.75, 3.05) is 19.0 Å². The topological polar surface area (TPSA) is 81.1 Å². The summed E-state index contributed by atoms with van der Waals surface area (Å²) in [6.45, 7) is 0. The molecule has 0 aliphatic rings. The van der Waals surface area contributed by atoms with Crippen molar-refractivity contribution in [2.45, 2.75) is 0 Å². The third kappa shape index (κ3) is 2.99. The van der Waals surface area contributed by atoms with Crippen molar-refractivity contribution in [3.63, 3.8) is 0 Å². The maximum Gasteiger partial charge on any atom is 0.280 e. The number of pyridine rings is 1. The molecule has 0 unspecified atom stereocenters. The molecule has 4 aromatic rings. The predicted molar refractivity (Wildman–Crippen MR) is 92.8 cm³/mol. The Balaban J connectivity index is 1.64. The summed E-state index contributed by atoms with van der Waals surface area (Å²) in [6, 6.07) is 15.2. The third-order valence-corrected chi connectivity index (χ3v) is 3.68. The number of hydrogen-bond donors (Lipinski definition) is 0. The third-order valence-electron chi connectivity index (χ3n) is 3.68. The molecule has 0 amide bonds. The van der Waals surface area contributed by atoms with Crippen molar-refractivity contribution in [3.05, 3.63) is 54.7 Å². The summed E-state index contributed by atoms with van der Waals surface area (Å²) in [5.74, 6) is 2.25. The molecule has 0 aliphatic carbocycles. The number of rotatable bonds is 4. The molecule has 0 spiro atoms. The molecule has 124 valence electrons. The molecular weight excluding hydrogens is 318 g/mol. The summed E-state index contributed by atoms with van der Waals surface area (Å²) in [5, 5.41) is 8.05. The van der Waals surface area contributed by atoms with Crippen LogP contribution in [0, 0.1) is 0 Å². The highest BCUT2D eigenvalue weighted by Gasteiger charge is 2.16. The van der Waals surface area contributed by atoms with Crippen LogP contribution in [-0.2, 0) is 0 Å². The van der Waals surface area contributed by atoms with Gasteiger partial charge in [0, 0.05) is 37.5 Å². The summed E-state index contributed by atoms with van der Waals surface area (Å²) < 4.78 is 10.7. The Kier molecular flexibility index (Phi) is 3.74. The van der Waals surface area contributed by atoms with E-state index >= 15 is 0 Å². The fourth-order valence-corrected chi connectivity index (χ4v) is 2.36. The van der Waals surface area contributed by atoms with Crippen LogP contribution in [0.2, 0.25) is 0 Å². The van der Waals surface area contributed by atoms with Gasteiger partial charge in [-0.2, -0.15) is 4.98 Å². The molecule has 0 bridgehead atoms. The van der Waals surface area contributed by atoms with Gasteiger partial charge in [-0.3, -0.25) is 0 Å². The van der Waals surface area contributed by atoms with Crippen molar-refractivity contribution in [2.24, 2.45) is 0 Å². The van der Waals surface area contributed by atoms with Gasteiger partial charge in [-0.1, -0.05) is 40.6 Å². The van der Waals surface area contributed by atoms with E-state index in [0.29, 0.717) is 23.2 Å². The zero-order valence-corrected chi connectivity index (χ0v) is 13.7. The number of benzene rings is 1. The Labute approximate surface area is 143 Å². The maximum absolute atomic E-state index is 5.38. The van der Waals surface area contributed by atoms with Crippen LogP contribution in [0.15, 0.2) is 63.8 Å². The molecule has 7 nitrogen and oxygen atoms in total. The van der Waals surface area contributed by atoms with Crippen LogP contribution in [0.25, 0.3) is 34.3 Å². The lowest BCUT2D eigenvalue weighted by molar-refractivity contribution is 0.411. The van der Waals surface area contributed by atoms with Gasteiger partial charge in [-0.15, -0.1) is 0 Å². The largest absolute Gasteiger partial charge is 0.363 e. The Hall–Kier alpha value is -3.48. The van der Waals surface area contributed by atoms with Crippen molar-refractivity contribution < 1.29 is 9.05 Å². The van der Waals surface area contributed by atoms with Crippen LogP contribution in [-0.4, -0.2) is 34.4 Å².